The normalized spacial score (nSPS) is 10.3. The van der Waals surface area contributed by atoms with Gasteiger partial charge in [-0.2, -0.15) is 0 Å². The zero-order valence-electron chi connectivity index (χ0n) is 11.2. The van der Waals surface area contributed by atoms with Crippen molar-refractivity contribution in [3.63, 3.8) is 0 Å². The van der Waals surface area contributed by atoms with Crippen LogP contribution in [-0.4, -0.2) is 23.8 Å². The van der Waals surface area contributed by atoms with Gasteiger partial charge in [-0.05, 0) is 30.0 Å². The average Bonchev–Trinajstić information content (AvgIpc) is 2.35. The van der Waals surface area contributed by atoms with Crippen LogP contribution in [0.15, 0.2) is 24.3 Å². The van der Waals surface area contributed by atoms with Crippen molar-refractivity contribution >= 4 is 17.7 Å². The molecule has 1 aromatic rings. The van der Waals surface area contributed by atoms with E-state index in [0.717, 1.165) is 5.56 Å². The molecule has 1 aromatic carbocycles. The maximum Gasteiger partial charge on any atom is 0.411 e. The number of carboxylic acid groups (broad SMARTS) is 1. The summed E-state index contributed by atoms with van der Waals surface area (Å²) in [6.07, 6.45) is 0.100. The highest BCUT2D eigenvalue weighted by Crippen LogP contribution is 2.11. The summed E-state index contributed by atoms with van der Waals surface area (Å²) in [7, 11) is 0. The third kappa shape index (κ3) is 6.45. The van der Waals surface area contributed by atoms with Crippen LogP contribution in [0, 0.1) is 5.92 Å². The minimum Gasteiger partial charge on any atom is -0.481 e. The highest BCUT2D eigenvalue weighted by molar-refractivity contribution is 5.84. The van der Waals surface area contributed by atoms with Crippen molar-refractivity contribution in [1.82, 2.24) is 0 Å². The van der Waals surface area contributed by atoms with Gasteiger partial charge in [0.1, 0.15) is 0 Å². The van der Waals surface area contributed by atoms with E-state index in [2.05, 4.69) is 5.32 Å². The Morgan fingerprint density at radius 3 is 2.42 bits per heavy atom. The molecule has 0 aliphatic carbocycles. The maximum absolute atomic E-state index is 11.4. The van der Waals surface area contributed by atoms with Gasteiger partial charge in [0.15, 0.2) is 0 Å². The largest absolute Gasteiger partial charge is 0.481 e. The first-order valence-corrected chi connectivity index (χ1v) is 6.22. The molecule has 0 heterocycles. The fourth-order valence-electron chi connectivity index (χ4n) is 1.40. The van der Waals surface area contributed by atoms with Crippen LogP contribution in [0.4, 0.5) is 10.5 Å². The number of hydrogen-bond acceptors (Lipinski definition) is 3. The molecule has 1 amide bonds. The number of carbonyl (C=O) groups is 2. The molecule has 0 spiro atoms. The van der Waals surface area contributed by atoms with Crippen molar-refractivity contribution in [2.24, 2.45) is 5.92 Å². The molecule has 0 radical (unpaired) electrons. The number of benzene rings is 1. The number of hydrogen-bond donors (Lipinski definition) is 2. The number of amides is 1. The highest BCUT2D eigenvalue weighted by atomic mass is 16.5. The quantitative estimate of drug-likeness (QED) is 0.829. The molecule has 0 aliphatic rings. The standard InChI is InChI=1S/C14H19NO4/c1-10(2)9-19-14(18)15-12-6-3-11(4-7-12)5-8-13(16)17/h3-4,6-7,10H,5,8-9H2,1-2H3,(H,15,18)(H,16,17). The predicted molar refractivity (Wildman–Crippen MR) is 72.2 cm³/mol. The van der Waals surface area contributed by atoms with E-state index in [9.17, 15) is 9.59 Å². The molecule has 5 nitrogen and oxygen atoms in total. The molecular weight excluding hydrogens is 246 g/mol. The first kappa shape index (κ1) is 15.0. The fourth-order valence-corrected chi connectivity index (χ4v) is 1.40. The van der Waals surface area contributed by atoms with E-state index in [0.29, 0.717) is 24.6 Å². The van der Waals surface area contributed by atoms with Gasteiger partial charge in [0.2, 0.25) is 0 Å². The summed E-state index contributed by atoms with van der Waals surface area (Å²) in [5.74, 6) is -0.524. The van der Waals surface area contributed by atoms with Gasteiger partial charge >= 0.3 is 12.1 Å². The Hall–Kier alpha value is -2.04. The molecule has 0 unspecified atom stereocenters. The lowest BCUT2D eigenvalue weighted by Crippen LogP contribution is -2.16. The number of nitrogens with one attached hydrogen (secondary N) is 1. The molecule has 0 fully saturated rings. The van der Waals surface area contributed by atoms with Gasteiger partial charge in [0, 0.05) is 12.1 Å². The van der Waals surface area contributed by atoms with Crippen molar-refractivity contribution in [3.05, 3.63) is 29.8 Å². The van der Waals surface area contributed by atoms with Crippen LogP contribution in [0.3, 0.4) is 0 Å². The van der Waals surface area contributed by atoms with Crippen LogP contribution in [0.25, 0.3) is 0 Å². The number of aliphatic carboxylic acids is 1. The number of aryl methyl sites for hydroxylation is 1. The fraction of sp³-hybridized carbons (Fsp3) is 0.429. The molecular formula is C14H19NO4. The van der Waals surface area contributed by atoms with Gasteiger partial charge in [0.05, 0.1) is 6.61 Å². The Bertz CT molecular complexity index is 426. The molecule has 5 heteroatoms. The summed E-state index contributed by atoms with van der Waals surface area (Å²) >= 11 is 0. The van der Waals surface area contributed by atoms with Gasteiger partial charge in [-0.1, -0.05) is 26.0 Å². The second kappa shape index (κ2) is 7.41. The Morgan fingerprint density at radius 2 is 1.89 bits per heavy atom. The van der Waals surface area contributed by atoms with E-state index in [1.54, 1.807) is 24.3 Å². The van der Waals surface area contributed by atoms with Crippen LogP contribution in [0.5, 0.6) is 0 Å². The second-order valence-electron chi connectivity index (χ2n) is 4.71. The Labute approximate surface area is 112 Å². The van der Waals surface area contributed by atoms with E-state index in [4.69, 9.17) is 9.84 Å². The number of carbonyl (C=O) groups excluding carboxylic acids is 1. The minimum atomic E-state index is -0.820. The Kier molecular flexibility index (Phi) is 5.85. The average molecular weight is 265 g/mol. The van der Waals surface area contributed by atoms with Crippen molar-refractivity contribution in [1.29, 1.82) is 0 Å². The van der Waals surface area contributed by atoms with Crippen LogP contribution in [-0.2, 0) is 16.0 Å². The molecule has 1 rings (SSSR count). The lowest BCUT2D eigenvalue weighted by atomic mass is 10.1. The molecule has 0 saturated heterocycles. The summed E-state index contributed by atoms with van der Waals surface area (Å²) in [4.78, 5) is 21.8. The number of rotatable bonds is 6. The molecule has 19 heavy (non-hydrogen) atoms. The molecule has 0 aliphatic heterocycles. The monoisotopic (exact) mass is 265 g/mol. The topological polar surface area (TPSA) is 75.6 Å². The molecule has 104 valence electrons. The summed E-state index contributed by atoms with van der Waals surface area (Å²) < 4.78 is 4.99. The van der Waals surface area contributed by atoms with E-state index in [1.165, 1.54) is 0 Å². The van der Waals surface area contributed by atoms with Crippen molar-refractivity contribution < 1.29 is 19.4 Å². The molecule has 0 aromatic heterocycles. The zero-order chi connectivity index (χ0) is 14.3. The van der Waals surface area contributed by atoms with Gasteiger partial charge in [0.25, 0.3) is 0 Å². The Balaban J connectivity index is 2.43. The predicted octanol–water partition coefficient (Wildman–Crippen LogP) is 2.91. The van der Waals surface area contributed by atoms with E-state index in [1.807, 2.05) is 13.8 Å². The summed E-state index contributed by atoms with van der Waals surface area (Å²) in [5.41, 5.74) is 1.55. The van der Waals surface area contributed by atoms with Crippen molar-refractivity contribution in [2.75, 3.05) is 11.9 Å². The first-order valence-electron chi connectivity index (χ1n) is 6.22. The molecule has 0 saturated carbocycles. The zero-order valence-corrected chi connectivity index (χ0v) is 11.2. The number of ether oxygens (including phenoxy) is 1. The third-order valence-electron chi connectivity index (χ3n) is 2.38. The van der Waals surface area contributed by atoms with E-state index < -0.39 is 12.1 Å². The Morgan fingerprint density at radius 1 is 1.26 bits per heavy atom. The van der Waals surface area contributed by atoms with Gasteiger partial charge in [-0.3, -0.25) is 10.1 Å². The van der Waals surface area contributed by atoms with Crippen LogP contribution in [0.1, 0.15) is 25.8 Å². The summed E-state index contributed by atoms with van der Waals surface area (Å²) in [6.45, 7) is 4.30. The SMILES string of the molecule is CC(C)COC(=O)Nc1ccc(CCC(=O)O)cc1. The molecule has 0 bridgehead atoms. The number of anilines is 1. The maximum atomic E-state index is 11.4. The van der Waals surface area contributed by atoms with Crippen LogP contribution in [0.2, 0.25) is 0 Å². The summed E-state index contributed by atoms with van der Waals surface area (Å²) in [6, 6.07) is 7.05. The van der Waals surface area contributed by atoms with Crippen LogP contribution >= 0.6 is 0 Å². The minimum absolute atomic E-state index is 0.100. The van der Waals surface area contributed by atoms with Gasteiger partial charge < -0.3 is 9.84 Å². The lowest BCUT2D eigenvalue weighted by molar-refractivity contribution is -0.136. The molecule has 0 atom stereocenters. The van der Waals surface area contributed by atoms with Crippen LogP contribution < -0.4 is 5.32 Å². The van der Waals surface area contributed by atoms with E-state index >= 15 is 0 Å². The third-order valence-corrected chi connectivity index (χ3v) is 2.38. The van der Waals surface area contributed by atoms with Crippen molar-refractivity contribution in [2.45, 2.75) is 26.7 Å². The summed E-state index contributed by atoms with van der Waals surface area (Å²) in [5, 5.41) is 11.2. The second-order valence-corrected chi connectivity index (χ2v) is 4.71. The van der Waals surface area contributed by atoms with Crippen molar-refractivity contribution in [3.8, 4) is 0 Å². The smallest absolute Gasteiger partial charge is 0.411 e. The molecule has 2 N–H and O–H groups in total. The highest BCUT2D eigenvalue weighted by Gasteiger charge is 2.05. The lowest BCUT2D eigenvalue weighted by Gasteiger charge is -2.09. The number of carboxylic acids is 1. The first-order chi connectivity index (χ1) is 8.97. The van der Waals surface area contributed by atoms with Gasteiger partial charge in [-0.25, -0.2) is 4.79 Å². The van der Waals surface area contributed by atoms with Gasteiger partial charge in [-0.15, -0.1) is 0 Å². The van der Waals surface area contributed by atoms with E-state index in [-0.39, 0.29) is 6.42 Å².